The van der Waals surface area contributed by atoms with E-state index in [4.69, 9.17) is 9.15 Å². The minimum atomic E-state index is -3.58. The van der Waals surface area contributed by atoms with Crippen molar-refractivity contribution in [3.8, 4) is 0 Å². The first-order chi connectivity index (χ1) is 16.0. The minimum Gasteiger partial charge on any atom is -0.423 e. The number of morpholine rings is 1. The summed E-state index contributed by atoms with van der Waals surface area (Å²) in [5.41, 5.74) is 1.98. The van der Waals surface area contributed by atoms with E-state index in [1.807, 2.05) is 24.3 Å². The van der Waals surface area contributed by atoms with Crippen molar-refractivity contribution < 1.29 is 22.4 Å². The number of oxazole rings is 1. The quantitative estimate of drug-likeness (QED) is 0.589. The fourth-order valence-electron chi connectivity index (χ4n) is 4.31. The number of amides is 1. The monoisotopic (exact) mass is 470 g/mol. The van der Waals surface area contributed by atoms with Crippen molar-refractivity contribution in [3.63, 3.8) is 0 Å². The Bertz CT molecular complexity index is 1200. The zero-order valence-corrected chi connectivity index (χ0v) is 19.0. The first-order valence-electron chi connectivity index (χ1n) is 11.1. The molecule has 1 atom stereocenters. The second-order valence-corrected chi connectivity index (χ2v) is 10.1. The van der Waals surface area contributed by atoms with Gasteiger partial charge in [-0.1, -0.05) is 12.1 Å². The number of para-hydroxylation sites is 2. The van der Waals surface area contributed by atoms with Crippen molar-refractivity contribution in [1.82, 2.24) is 14.6 Å². The van der Waals surface area contributed by atoms with E-state index in [0.29, 0.717) is 44.4 Å². The van der Waals surface area contributed by atoms with Gasteiger partial charge in [-0.05, 0) is 49.2 Å². The number of nitrogens with zero attached hydrogens (tertiary/aromatic N) is 3. The number of hydrogen-bond acceptors (Lipinski definition) is 7. The van der Waals surface area contributed by atoms with Gasteiger partial charge in [-0.25, -0.2) is 8.42 Å². The Hall–Kier alpha value is -2.95. The van der Waals surface area contributed by atoms with Crippen molar-refractivity contribution in [2.45, 2.75) is 23.8 Å². The van der Waals surface area contributed by atoms with Crippen molar-refractivity contribution in [1.29, 1.82) is 0 Å². The standard InChI is InChI=1S/C23H26N4O5S/c28-22(17-7-9-19(10-8-17)33(29,30)26-12-14-31-15-13-26)24-16-18-4-3-11-27(18)23-25-20-5-1-2-6-21(20)32-23/h1-2,5-10,18H,3-4,11-16H2,(H,24,28). The van der Waals surface area contributed by atoms with E-state index in [0.717, 1.165) is 30.5 Å². The van der Waals surface area contributed by atoms with E-state index in [9.17, 15) is 13.2 Å². The maximum absolute atomic E-state index is 12.8. The van der Waals surface area contributed by atoms with Crippen LogP contribution < -0.4 is 10.2 Å². The molecule has 0 radical (unpaired) electrons. The molecular formula is C23H26N4O5S. The van der Waals surface area contributed by atoms with Gasteiger partial charge >= 0.3 is 0 Å². The highest BCUT2D eigenvalue weighted by molar-refractivity contribution is 7.89. The van der Waals surface area contributed by atoms with Gasteiger partial charge in [0.25, 0.3) is 11.9 Å². The molecule has 0 spiro atoms. The van der Waals surface area contributed by atoms with Crippen LogP contribution in [0.2, 0.25) is 0 Å². The lowest BCUT2D eigenvalue weighted by Gasteiger charge is -2.26. The summed E-state index contributed by atoms with van der Waals surface area (Å²) in [5.74, 6) is -0.241. The number of hydrogen-bond donors (Lipinski definition) is 1. The van der Waals surface area contributed by atoms with Crippen LogP contribution in [0.5, 0.6) is 0 Å². The highest BCUT2D eigenvalue weighted by atomic mass is 32.2. The molecule has 33 heavy (non-hydrogen) atoms. The first-order valence-corrected chi connectivity index (χ1v) is 12.5. The molecule has 9 nitrogen and oxygen atoms in total. The van der Waals surface area contributed by atoms with Crippen molar-refractivity contribution >= 4 is 33.0 Å². The maximum Gasteiger partial charge on any atom is 0.298 e. The zero-order chi connectivity index (χ0) is 22.8. The lowest BCUT2D eigenvalue weighted by molar-refractivity contribution is 0.0730. The Morgan fingerprint density at radius 2 is 1.82 bits per heavy atom. The third-order valence-corrected chi connectivity index (χ3v) is 8.04. The van der Waals surface area contributed by atoms with E-state index in [1.54, 1.807) is 12.1 Å². The van der Waals surface area contributed by atoms with Crippen LogP contribution in [0.3, 0.4) is 0 Å². The Morgan fingerprint density at radius 1 is 1.06 bits per heavy atom. The number of sulfonamides is 1. The molecule has 1 aromatic heterocycles. The Kier molecular flexibility index (Phi) is 6.05. The highest BCUT2D eigenvalue weighted by Gasteiger charge is 2.29. The highest BCUT2D eigenvalue weighted by Crippen LogP contribution is 2.28. The second-order valence-electron chi connectivity index (χ2n) is 8.20. The summed E-state index contributed by atoms with van der Waals surface area (Å²) >= 11 is 0. The van der Waals surface area contributed by atoms with E-state index in [1.165, 1.54) is 16.4 Å². The molecule has 1 amide bonds. The van der Waals surface area contributed by atoms with Gasteiger partial charge in [-0.15, -0.1) is 0 Å². The Balaban J connectivity index is 1.22. The molecule has 174 valence electrons. The molecule has 2 aromatic carbocycles. The lowest BCUT2D eigenvalue weighted by Crippen LogP contribution is -2.41. The average molecular weight is 471 g/mol. The largest absolute Gasteiger partial charge is 0.423 e. The molecule has 10 heteroatoms. The van der Waals surface area contributed by atoms with Gasteiger partial charge in [-0.3, -0.25) is 4.79 Å². The number of ether oxygens (including phenoxy) is 1. The topological polar surface area (TPSA) is 105 Å². The van der Waals surface area contributed by atoms with Gasteiger partial charge in [0.1, 0.15) is 5.52 Å². The molecule has 1 N–H and O–H groups in total. The average Bonchev–Trinajstić information content (AvgIpc) is 3.50. The van der Waals surface area contributed by atoms with Crippen molar-refractivity contribution in [3.05, 3.63) is 54.1 Å². The van der Waals surface area contributed by atoms with Crippen LogP contribution in [0.25, 0.3) is 11.1 Å². The van der Waals surface area contributed by atoms with Crippen LogP contribution in [0.4, 0.5) is 6.01 Å². The number of fused-ring (bicyclic) bond motifs is 1. The number of benzene rings is 2. The van der Waals surface area contributed by atoms with Crippen LogP contribution in [0.15, 0.2) is 57.8 Å². The molecule has 0 saturated carbocycles. The first kappa shape index (κ1) is 21.9. The molecular weight excluding hydrogens is 444 g/mol. The predicted molar refractivity (Wildman–Crippen MR) is 123 cm³/mol. The van der Waals surface area contributed by atoms with Crippen LogP contribution >= 0.6 is 0 Å². The molecule has 0 bridgehead atoms. The molecule has 0 aliphatic carbocycles. The summed E-state index contributed by atoms with van der Waals surface area (Å²) < 4.78 is 38.0. The fourth-order valence-corrected chi connectivity index (χ4v) is 5.72. The predicted octanol–water partition coefficient (Wildman–Crippen LogP) is 2.25. The summed E-state index contributed by atoms with van der Waals surface area (Å²) in [4.78, 5) is 19.6. The summed E-state index contributed by atoms with van der Waals surface area (Å²) in [5, 5.41) is 2.97. The maximum atomic E-state index is 12.8. The van der Waals surface area contributed by atoms with E-state index in [2.05, 4.69) is 15.2 Å². The summed E-state index contributed by atoms with van der Waals surface area (Å²) in [6.45, 7) is 2.72. The van der Waals surface area contributed by atoms with Crippen LogP contribution in [-0.2, 0) is 14.8 Å². The number of anilines is 1. The third kappa shape index (κ3) is 4.46. The lowest BCUT2D eigenvalue weighted by atomic mass is 10.2. The summed E-state index contributed by atoms with van der Waals surface area (Å²) in [6.07, 6.45) is 1.92. The smallest absolute Gasteiger partial charge is 0.298 e. The molecule has 2 aliphatic heterocycles. The number of carbonyl (C=O) groups is 1. The summed E-state index contributed by atoms with van der Waals surface area (Å²) in [6, 6.07) is 14.4. The molecule has 1 unspecified atom stereocenters. The molecule has 3 heterocycles. The molecule has 2 fully saturated rings. The third-order valence-electron chi connectivity index (χ3n) is 6.13. The zero-order valence-electron chi connectivity index (χ0n) is 18.1. The summed E-state index contributed by atoms with van der Waals surface area (Å²) in [7, 11) is -3.58. The minimum absolute atomic E-state index is 0.0861. The van der Waals surface area contributed by atoms with Gasteiger partial charge in [0.2, 0.25) is 10.0 Å². The van der Waals surface area contributed by atoms with E-state index >= 15 is 0 Å². The molecule has 2 saturated heterocycles. The number of carbonyl (C=O) groups excluding carboxylic acids is 1. The van der Waals surface area contributed by atoms with Gasteiger partial charge in [-0.2, -0.15) is 9.29 Å². The molecule has 2 aliphatic rings. The normalized spacial score (nSPS) is 19.8. The van der Waals surface area contributed by atoms with Crippen LogP contribution in [0, 0.1) is 0 Å². The van der Waals surface area contributed by atoms with Gasteiger partial charge < -0.3 is 19.4 Å². The van der Waals surface area contributed by atoms with Crippen molar-refractivity contribution in [2.24, 2.45) is 0 Å². The SMILES string of the molecule is O=C(NCC1CCCN1c1nc2ccccc2o1)c1ccc(S(=O)(=O)N2CCOCC2)cc1. The van der Waals surface area contributed by atoms with E-state index in [-0.39, 0.29) is 16.8 Å². The Labute approximate surface area is 192 Å². The number of rotatable bonds is 6. The van der Waals surface area contributed by atoms with Gasteiger partial charge in [0.05, 0.1) is 24.2 Å². The van der Waals surface area contributed by atoms with Gasteiger partial charge in [0, 0.05) is 31.7 Å². The second kappa shape index (κ2) is 9.12. The van der Waals surface area contributed by atoms with E-state index < -0.39 is 10.0 Å². The fraction of sp³-hybridized carbons (Fsp3) is 0.391. The molecule has 3 aromatic rings. The van der Waals surface area contributed by atoms with Crippen molar-refractivity contribution in [2.75, 3.05) is 44.3 Å². The molecule has 5 rings (SSSR count). The van der Waals surface area contributed by atoms with Gasteiger partial charge in [0.15, 0.2) is 5.58 Å². The number of nitrogens with one attached hydrogen (secondary N) is 1. The Morgan fingerprint density at radius 3 is 2.58 bits per heavy atom. The number of aromatic nitrogens is 1. The van der Waals surface area contributed by atoms with Crippen LogP contribution in [-0.4, -0.2) is 69.0 Å². The van der Waals surface area contributed by atoms with Crippen LogP contribution in [0.1, 0.15) is 23.2 Å².